The Hall–Kier alpha value is -4.24. The van der Waals surface area contributed by atoms with Crippen molar-refractivity contribution in [3.05, 3.63) is 87.5 Å². The van der Waals surface area contributed by atoms with Crippen molar-refractivity contribution >= 4 is 35.1 Å². The van der Waals surface area contributed by atoms with Gasteiger partial charge in [-0.3, -0.25) is 14.4 Å². The topological polar surface area (TPSA) is 106 Å². The SMILES string of the molecule is Cc1[nH]c(/C=C2\C(=O)Nc3ccc(C(=O)N[C@@H](C)c4ccc(F)cc4)cc32)c(C)c1C(=O)NCCN1CCCC1. The van der Waals surface area contributed by atoms with Crippen LogP contribution in [0.25, 0.3) is 11.6 Å². The van der Waals surface area contributed by atoms with E-state index in [9.17, 15) is 18.8 Å². The van der Waals surface area contributed by atoms with Crippen molar-refractivity contribution in [2.75, 3.05) is 31.5 Å². The second-order valence-corrected chi connectivity index (χ2v) is 10.5. The smallest absolute Gasteiger partial charge is 0.256 e. The molecule has 0 saturated carbocycles. The zero-order valence-electron chi connectivity index (χ0n) is 23.0. The number of anilines is 1. The minimum Gasteiger partial charge on any atom is -0.358 e. The average Bonchev–Trinajstić information content (AvgIpc) is 3.62. The Labute approximate surface area is 233 Å². The lowest BCUT2D eigenvalue weighted by atomic mass is 10.0. The molecule has 2 aliphatic heterocycles. The molecule has 1 atom stereocenters. The third-order valence-electron chi connectivity index (χ3n) is 7.69. The quantitative estimate of drug-likeness (QED) is 0.312. The number of likely N-dealkylation sites (tertiary alicyclic amines) is 1. The van der Waals surface area contributed by atoms with Gasteiger partial charge in [-0.15, -0.1) is 0 Å². The minimum atomic E-state index is -0.338. The van der Waals surface area contributed by atoms with Gasteiger partial charge in [-0.2, -0.15) is 0 Å². The maximum Gasteiger partial charge on any atom is 0.256 e. The second-order valence-electron chi connectivity index (χ2n) is 10.5. The molecular weight excluding hydrogens is 509 g/mol. The molecule has 0 aliphatic carbocycles. The molecule has 2 aliphatic rings. The van der Waals surface area contributed by atoms with Crippen LogP contribution in [0.15, 0.2) is 42.5 Å². The predicted molar refractivity (Wildman–Crippen MR) is 153 cm³/mol. The van der Waals surface area contributed by atoms with Gasteiger partial charge in [0.15, 0.2) is 0 Å². The maximum atomic E-state index is 13.3. The van der Waals surface area contributed by atoms with Crippen molar-refractivity contribution in [2.45, 2.75) is 39.7 Å². The van der Waals surface area contributed by atoms with Crippen LogP contribution in [0.3, 0.4) is 0 Å². The van der Waals surface area contributed by atoms with Gasteiger partial charge in [0.05, 0.1) is 17.2 Å². The summed E-state index contributed by atoms with van der Waals surface area (Å²) in [5.74, 6) is -1.07. The minimum absolute atomic E-state index is 0.138. The third-order valence-corrected chi connectivity index (χ3v) is 7.69. The molecule has 3 amide bonds. The fourth-order valence-corrected chi connectivity index (χ4v) is 5.41. The molecule has 0 unspecified atom stereocenters. The van der Waals surface area contributed by atoms with Gasteiger partial charge < -0.3 is 25.8 Å². The molecule has 0 spiro atoms. The Bertz CT molecular complexity index is 1490. The molecule has 1 aromatic heterocycles. The molecular formula is C31H34FN5O3. The third kappa shape index (κ3) is 5.70. The number of nitrogens with zero attached hydrogens (tertiary/aromatic N) is 1. The number of benzene rings is 2. The number of carbonyl (C=O) groups excluding carboxylic acids is 3. The Morgan fingerprint density at radius 2 is 1.80 bits per heavy atom. The zero-order chi connectivity index (χ0) is 28.4. The van der Waals surface area contributed by atoms with Crippen LogP contribution in [-0.4, -0.2) is 53.8 Å². The van der Waals surface area contributed by atoms with Crippen LogP contribution < -0.4 is 16.0 Å². The number of H-pyrrole nitrogens is 1. The molecule has 0 bridgehead atoms. The fraction of sp³-hybridized carbons (Fsp3) is 0.323. The van der Waals surface area contributed by atoms with Crippen molar-refractivity contribution < 1.29 is 18.8 Å². The lowest BCUT2D eigenvalue weighted by molar-refractivity contribution is -0.110. The van der Waals surface area contributed by atoms with Crippen LogP contribution in [0, 0.1) is 19.7 Å². The first-order chi connectivity index (χ1) is 19.2. The standard InChI is InChI=1S/C31H34FN5O3/c1-18-27(34-20(3)28(18)31(40)33-12-15-37-13-4-5-14-37)17-25-24-16-22(8-11-26(24)36-30(25)39)29(38)35-19(2)21-6-9-23(32)10-7-21/h6-11,16-17,19,34H,4-5,12-15H2,1-3H3,(H,33,40)(H,35,38)(H,36,39)/b25-17-/t19-/m0/s1. The summed E-state index contributed by atoms with van der Waals surface area (Å²) in [4.78, 5) is 44.5. The van der Waals surface area contributed by atoms with E-state index in [2.05, 4.69) is 25.8 Å². The monoisotopic (exact) mass is 543 g/mol. The number of hydrogen-bond acceptors (Lipinski definition) is 4. The van der Waals surface area contributed by atoms with Gasteiger partial charge in [-0.05, 0) is 94.2 Å². The molecule has 9 heteroatoms. The lowest BCUT2D eigenvalue weighted by Crippen LogP contribution is -2.33. The van der Waals surface area contributed by atoms with Crippen LogP contribution in [0.4, 0.5) is 10.1 Å². The van der Waals surface area contributed by atoms with E-state index >= 15 is 0 Å². The molecule has 208 valence electrons. The highest BCUT2D eigenvalue weighted by Crippen LogP contribution is 2.35. The number of aryl methyl sites for hydroxylation is 1. The summed E-state index contributed by atoms with van der Waals surface area (Å²) in [5.41, 5.74) is 5.53. The summed E-state index contributed by atoms with van der Waals surface area (Å²) in [6, 6.07) is 10.7. The largest absolute Gasteiger partial charge is 0.358 e. The Morgan fingerprint density at radius 3 is 2.52 bits per heavy atom. The second kappa shape index (κ2) is 11.5. The van der Waals surface area contributed by atoms with Gasteiger partial charge in [0.2, 0.25) is 0 Å². The van der Waals surface area contributed by atoms with Gasteiger partial charge in [0, 0.05) is 41.3 Å². The summed E-state index contributed by atoms with van der Waals surface area (Å²) in [5, 5.41) is 8.80. The normalized spacial score (nSPS) is 16.6. The molecule has 1 saturated heterocycles. The zero-order valence-corrected chi connectivity index (χ0v) is 23.0. The average molecular weight is 544 g/mol. The number of halogens is 1. The number of carbonyl (C=O) groups is 3. The van der Waals surface area contributed by atoms with E-state index in [4.69, 9.17) is 0 Å². The van der Waals surface area contributed by atoms with E-state index in [0.29, 0.717) is 40.2 Å². The van der Waals surface area contributed by atoms with Crippen LogP contribution in [-0.2, 0) is 4.79 Å². The highest BCUT2D eigenvalue weighted by atomic mass is 19.1. The summed E-state index contributed by atoms with van der Waals surface area (Å²) in [7, 11) is 0. The van der Waals surface area contributed by atoms with E-state index in [1.54, 1.807) is 36.4 Å². The number of aromatic amines is 1. The summed E-state index contributed by atoms with van der Waals surface area (Å²) in [6.07, 6.45) is 4.15. The lowest BCUT2D eigenvalue weighted by Gasteiger charge is -2.15. The van der Waals surface area contributed by atoms with E-state index in [-0.39, 0.29) is 29.6 Å². The molecule has 4 N–H and O–H groups in total. The molecule has 3 heterocycles. The fourth-order valence-electron chi connectivity index (χ4n) is 5.41. The number of fused-ring (bicyclic) bond motifs is 1. The van der Waals surface area contributed by atoms with Crippen LogP contribution >= 0.6 is 0 Å². The Morgan fingerprint density at radius 1 is 1.07 bits per heavy atom. The summed E-state index contributed by atoms with van der Waals surface area (Å²) < 4.78 is 13.3. The van der Waals surface area contributed by atoms with Gasteiger partial charge >= 0.3 is 0 Å². The molecule has 40 heavy (non-hydrogen) atoms. The highest BCUT2D eigenvalue weighted by molar-refractivity contribution is 6.35. The van der Waals surface area contributed by atoms with Crippen LogP contribution in [0.1, 0.15) is 74.6 Å². The van der Waals surface area contributed by atoms with Gasteiger partial charge in [-0.1, -0.05) is 12.1 Å². The molecule has 5 rings (SSSR count). The summed E-state index contributed by atoms with van der Waals surface area (Å²) in [6.45, 7) is 9.11. The van der Waals surface area contributed by atoms with E-state index in [1.165, 1.54) is 25.0 Å². The van der Waals surface area contributed by atoms with Gasteiger partial charge in [0.25, 0.3) is 17.7 Å². The molecule has 1 fully saturated rings. The highest BCUT2D eigenvalue weighted by Gasteiger charge is 2.27. The molecule has 2 aromatic carbocycles. The van der Waals surface area contributed by atoms with E-state index in [1.807, 2.05) is 20.8 Å². The number of amides is 3. The number of aromatic nitrogens is 1. The van der Waals surface area contributed by atoms with Crippen molar-refractivity contribution in [3.63, 3.8) is 0 Å². The van der Waals surface area contributed by atoms with Crippen LogP contribution in [0.2, 0.25) is 0 Å². The summed E-state index contributed by atoms with van der Waals surface area (Å²) >= 11 is 0. The Balaban J connectivity index is 1.33. The van der Waals surface area contributed by atoms with Gasteiger partial charge in [-0.25, -0.2) is 4.39 Å². The van der Waals surface area contributed by atoms with Gasteiger partial charge in [0.1, 0.15) is 5.82 Å². The maximum absolute atomic E-state index is 13.3. The number of nitrogens with one attached hydrogen (secondary N) is 4. The van der Waals surface area contributed by atoms with Crippen LogP contribution in [0.5, 0.6) is 0 Å². The van der Waals surface area contributed by atoms with Crippen molar-refractivity contribution in [1.29, 1.82) is 0 Å². The molecule has 8 nitrogen and oxygen atoms in total. The number of hydrogen-bond donors (Lipinski definition) is 4. The Kier molecular flexibility index (Phi) is 7.84. The van der Waals surface area contributed by atoms with Crippen molar-refractivity contribution in [2.24, 2.45) is 0 Å². The predicted octanol–water partition coefficient (Wildman–Crippen LogP) is 4.58. The van der Waals surface area contributed by atoms with Crippen molar-refractivity contribution in [1.82, 2.24) is 20.5 Å². The van der Waals surface area contributed by atoms with E-state index < -0.39 is 0 Å². The first-order valence-corrected chi connectivity index (χ1v) is 13.6. The first kappa shape index (κ1) is 27.3. The number of rotatable bonds is 8. The van der Waals surface area contributed by atoms with Crippen molar-refractivity contribution in [3.8, 4) is 0 Å². The molecule has 3 aromatic rings. The van der Waals surface area contributed by atoms with E-state index in [0.717, 1.165) is 36.5 Å². The molecule has 0 radical (unpaired) electrons. The first-order valence-electron chi connectivity index (χ1n) is 13.6.